The van der Waals surface area contributed by atoms with Gasteiger partial charge in [0.1, 0.15) is 0 Å². The molecular formula is C18H22F3IN4O. The van der Waals surface area contributed by atoms with Crippen molar-refractivity contribution in [3.05, 3.63) is 59.8 Å². The van der Waals surface area contributed by atoms with Crippen LogP contribution in [0.15, 0.2) is 53.7 Å². The molecule has 0 amide bonds. The molecule has 9 heteroatoms. The summed E-state index contributed by atoms with van der Waals surface area (Å²) in [6, 6.07) is 13.0. The minimum Gasteiger partial charge on any atom is -0.468 e. The second kappa shape index (κ2) is 11.6. The van der Waals surface area contributed by atoms with Crippen molar-refractivity contribution in [3.63, 3.8) is 0 Å². The average molecular weight is 494 g/mol. The van der Waals surface area contributed by atoms with Crippen LogP contribution >= 0.6 is 24.0 Å². The number of aliphatic imine (C=N–C) groups is 1. The van der Waals surface area contributed by atoms with Crippen LogP contribution in [0.4, 0.5) is 13.2 Å². The third-order valence-electron chi connectivity index (χ3n) is 3.25. The molecule has 0 unspecified atom stereocenters. The maximum absolute atomic E-state index is 12.1. The van der Waals surface area contributed by atoms with E-state index in [0.29, 0.717) is 25.6 Å². The molecule has 0 radical (unpaired) electrons. The standard InChI is InChI=1S/C18H21F3N4O.HI/c1-2-22-17(24-10-14-6-4-3-5-7-14)25-12-15-8-9-16(23-11-15)26-13-18(19,20)21;/h3-9,11H,2,10,12-13H2,1H3,(H2,22,24,25);1H. The summed E-state index contributed by atoms with van der Waals surface area (Å²) in [6.07, 6.45) is -2.92. The summed E-state index contributed by atoms with van der Waals surface area (Å²) in [7, 11) is 0. The first-order valence-electron chi connectivity index (χ1n) is 8.17. The van der Waals surface area contributed by atoms with Crippen molar-refractivity contribution in [1.29, 1.82) is 0 Å². The Labute approximate surface area is 173 Å². The summed E-state index contributed by atoms with van der Waals surface area (Å²) in [5.74, 6) is 0.581. The molecule has 0 fully saturated rings. The van der Waals surface area contributed by atoms with Gasteiger partial charge in [-0.25, -0.2) is 9.98 Å². The number of nitrogens with zero attached hydrogens (tertiary/aromatic N) is 2. The number of benzene rings is 1. The third kappa shape index (κ3) is 9.45. The lowest BCUT2D eigenvalue weighted by molar-refractivity contribution is -0.154. The minimum absolute atomic E-state index is 0. The molecule has 2 aromatic rings. The number of pyridine rings is 1. The predicted molar refractivity (Wildman–Crippen MR) is 109 cm³/mol. The Morgan fingerprint density at radius 3 is 2.41 bits per heavy atom. The van der Waals surface area contributed by atoms with Crippen molar-refractivity contribution < 1.29 is 17.9 Å². The predicted octanol–water partition coefficient (Wildman–Crippen LogP) is 3.90. The highest BCUT2D eigenvalue weighted by molar-refractivity contribution is 14.0. The van der Waals surface area contributed by atoms with Gasteiger partial charge in [-0.15, -0.1) is 24.0 Å². The molecule has 0 aliphatic rings. The summed E-state index contributed by atoms with van der Waals surface area (Å²) in [5, 5.41) is 6.36. The van der Waals surface area contributed by atoms with Crippen molar-refractivity contribution in [1.82, 2.24) is 15.6 Å². The molecule has 0 saturated carbocycles. The Bertz CT molecular complexity index is 694. The minimum atomic E-state index is -4.38. The first-order valence-corrected chi connectivity index (χ1v) is 8.17. The molecule has 1 heterocycles. The number of hydrogen-bond donors (Lipinski definition) is 2. The van der Waals surface area contributed by atoms with Gasteiger partial charge in [0, 0.05) is 25.4 Å². The van der Waals surface area contributed by atoms with E-state index in [4.69, 9.17) is 0 Å². The maximum atomic E-state index is 12.1. The number of guanidine groups is 1. The van der Waals surface area contributed by atoms with Gasteiger partial charge in [-0.2, -0.15) is 13.2 Å². The van der Waals surface area contributed by atoms with Gasteiger partial charge in [-0.3, -0.25) is 0 Å². The summed E-state index contributed by atoms with van der Waals surface area (Å²) in [5.41, 5.74) is 1.90. The lowest BCUT2D eigenvalue weighted by Crippen LogP contribution is -2.36. The van der Waals surface area contributed by atoms with E-state index in [0.717, 1.165) is 11.1 Å². The van der Waals surface area contributed by atoms with Crippen molar-refractivity contribution in [2.24, 2.45) is 4.99 Å². The van der Waals surface area contributed by atoms with Crippen LogP contribution in [0.2, 0.25) is 0 Å². The van der Waals surface area contributed by atoms with Crippen LogP contribution in [0.3, 0.4) is 0 Å². The SMILES string of the molecule is CCNC(=NCc1ccc(OCC(F)(F)F)nc1)NCc1ccccc1.I. The fraction of sp³-hybridized carbons (Fsp3) is 0.333. The molecule has 148 valence electrons. The highest BCUT2D eigenvalue weighted by atomic mass is 127. The normalized spacial score (nSPS) is 11.5. The number of rotatable bonds is 7. The van der Waals surface area contributed by atoms with Crippen LogP contribution < -0.4 is 15.4 Å². The Morgan fingerprint density at radius 2 is 1.81 bits per heavy atom. The van der Waals surface area contributed by atoms with Crippen molar-refractivity contribution >= 4 is 29.9 Å². The molecule has 0 aliphatic heterocycles. The highest BCUT2D eigenvalue weighted by Gasteiger charge is 2.28. The van der Waals surface area contributed by atoms with E-state index in [1.54, 1.807) is 6.07 Å². The molecular weight excluding hydrogens is 472 g/mol. The van der Waals surface area contributed by atoms with Crippen molar-refractivity contribution in [3.8, 4) is 5.88 Å². The topological polar surface area (TPSA) is 58.5 Å². The number of hydrogen-bond acceptors (Lipinski definition) is 3. The molecule has 1 aromatic heterocycles. The zero-order valence-corrected chi connectivity index (χ0v) is 17.1. The second-order valence-corrected chi connectivity index (χ2v) is 5.44. The quantitative estimate of drug-likeness (QED) is 0.349. The summed E-state index contributed by atoms with van der Waals surface area (Å²) < 4.78 is 40.9. The number of ether oxygens (including phenoxy) is 1. The summed E-state index contributed by atoms with van der Waals surface area (Å²) in [4.78, 5) is 8.31. The van der Waals surface area contributed by atoms with Crippen LogP contribution in [0.5, 0.6) is 5.88 Å². The van der Waals surface area contributed by atoms with Gasteiger partial charge in [0.15, 0.2) is 12.6 Å². The third-order valence-corrected chi connectivity index (χ3v) is 3.25. The Hall–Kier alpha value is -2.04. The largest absolute Gasteiger partial charge is 0.468 e. The van der Waals surface area contributed by atoms with E-state index in [1.807, 2.05) is 37.3 Å². The first-order chi connectivity index (χ1) is 12.5. The monoisotopic (exact) mass is 494 g/mol. The van der Waals surface area contributed by atoms with E-state index < -0.39 is 12.8 Å². The highest BCUT2D eigenvalue weighted by Crippen LogP contribution is 2.17. The molecule has 27 heavy (non-hydrogen) atoms. The number of halogens is 4. The molecule has 0 spiro atoms. The van der Waals surface area contributed by atoms with Gasteiger partial charge in [0.05, 0.1) is 6.54 Å². The fourth-order valence-electron chi connectivity index (χ4n) is 2.04. The van der Waals surface area contributed by atoms with Crippen LogP contribution in [0.25, 0.3) is 0 Å². The zero-order chi connectivity index (χ0) is 18.8. The second-order valence-electron chi connectivity index (χ2n) is 5.44. The Balaban J connectivity index is 0.00000364. The molecule has 0 aliphatic carbocycles. The zero-order valence-electron chi connectivity index (χ0n) is 14.8. The molecule has 0 atom stereocenters. The number of aromatic nitrogens is 1. The molecule has 2 N–H and O–H groups in total. The Kier molecular flexibility index (Phi) is 9.90. The number of nitrogens with one attached hydrogen (secondary N) is 2. The van der Waals surface area contributed by atoms with Gasteiger partial charge in [0.2, 0.25) is 5.88 Å². The van der Waals surface area contributed by atoms with E-state index >= 15 is 0 Å². The lowest BCUT2D eigenvalue weighted by Gasteiger charge is -2.11. The smallest absolute Gasteiger partial charge is 0.422 e. The summed E-state index contributed by atoms with van der Waals surface area (Å²) >= 11 is 0. The molecule has 1 aromatic carbocycles. The first kappa shape index (κ1) is 23.0. The maximum Gasteiger partial charge on any atom is 0.422 e. The fourth-order valence-corrected chi connectivity index (χ4v) is 2.04. The molecule has 0 bridgehead atoms. The van der Waals surface area contributed by atoms with E-state index in [1.165, 1.54) is 12.3 Å². The van der Waals surface area contributed by atoms with Gasteiger partial charge in [-0.05, 0) is 18.1 Å². The Morgan fingerprint density at radius 1 is 1.07 bits per heavy atom. The molecule has 2 rings (SSSR count). The van der Waals surface area contributed by atoms with E-state index in [-0.39, 0.29) is 29.9 Å². The van der Waals surface area contributed by atoms with Crippen molar-refractivity contribution in [2.45, 2.75) is 26.2 Å². The van der Waals surface area contributed by atoms with Crippen LogP contribution in [0.1, 0.15) is 18.1 Å². The molecule has 5 nitrogen and oxygen atoms in total. The van der Waals surface area contributed by atoms with Crippen molar-refractivity contribution in [2.75, 3.05) is 13.2 Å². The number of alkyl halides is 3. The van der Waals surface area contributed by atoms with Gasteiger partial charge in [-0.1, -0.05) is 36.4 Å². The van der Waals surface area contributed by atoms with Crippen LogP contribution in [-0.4, -0.2) is 30.3 Å². The summed E-state index contributed by atoms with van der Waals surface area (Å²) in [6.45, 7) is 2.30. The average Bonchev–Trinajstić information content (AvgIpc) is 2.63. The van der Waals surface area contributed by atoms with E-state index in [2.05, 4.69) is 25.3 Å². The molecule has 0 saturated heterocycles. The van der Waals surface area contributed by atoms with Gasteiger partial charge in [0.25, 0.3) is 0 Å². The lowest BCUT2D eigenvalue weighted by atomic mass is 10.2. The van der Waals surface area contributed by atoms with Crippen LogP contribution in [-0.2, 0) is 13.1 Å². The van der Waals surface area contributed by atoms with Crippen LogP contribution in [0, 0.1) is 0 Å². The van der Waals surface area contributed by atoms with E-state index in [9.17, 15) is 13.2 Å². The van der Waals surface area contributed by atoms with Gasteiger partial charge < -0.3 is 15.4 Å². The van der Waals surface area contributed by atoms with Gasteiger partial charge >= 0.3 is 6.18 Å².